The largest absolute Gasteiger partial charge is 0.343 e. The molecule has 5 nitrogen and oxygen atoms in total. The number of hydrogen-bond acceptors (Lipinski definition) is 4. The molecule has 0 unspecified atom stereocenters. The number of rotatable bonds is 3. The van der Waals surface area contributed by atoms with Crippen molar-refractivity contribution < 1.29 is 9.59 Å². The molecule has 0 saturated carbocycles. The highest BCUT2D eigenvalue weighted by Crippen LogP contribution is 2.25. The van der Waals surface area contributed by atoms with Crippen LogP contribution in [0.2, 0.25) is 0 Å². The number of aromatic nitrogens is 1. The number of amides is 2. The Balaban J connectivity index is 1.64. The predicted molar refractivity (Wildman–Crippen MR) is 95.9 cm³/mol. The minimum atomic E-state index is -0.0363. The van der Waals surface area contributed by atoms with E-state index in [4.69, 9.17) is 0 Å². The number of likely N-dealkylation sites (tertiary alicyclic amines) is 1. The highest BCUT2D eigenvalue weighted by atomic mass is 32.1. The van der Waals surface area contributed by atoms with E-state index in [0.717, 1.165) is 34.8 Å². The van der Waals surface area contributed by atoms with E-state index < -0.39 is 0 Å². The first-order valence-electron chi connectivity index (χ1n) is 8.12. The Labute approximate surface area is 145 Å². The maximum atomic E-state index is 12.5. The lowest BCUT2D eigenvalue weighted by atomic mass is 9.95. The minimum absolute atomic E-state index is 0.0322. The molecule has 1 fully saturated rings. The normalized spacial score (nSPS) is 15.3. The van der Waals surface area contributed by atoms with Crippen molar-refractivity contribution >= 4 is 28.8 Å². The molecule has 2 amide bonds. The van der Waals surface area contributed by atoms with Gasteiger partial charge in [0.2, 0.25) is 11.8 Å². The zero-order valence-corrected chi connectivity index (χ0v) is 14.7. The van der Waals surface area contributed by atoms with Gasteiger partial charge < -0.3 is 10.2 Å². The Hall–Kier alpha value is -2.21. The topological polar surface area (TPSA) is 62.3 Å². The molecular weight excluding hydrogens is 322 g/mol. The van der Waals surface area contributed by atoms with Crippen molar-refractivity contribution in [2.24, 2.45) is 5.92 Å². The van der Waals surface area contributed by atoms with E-state index in [1.165, 1.54) is 0 Å². The number of anilines is 1. The van der Waals surface area contributed by atoms with Crippen molar-refractivity contribution in [2.45, 2.75) is 26.7 Å². The van der Waals surface area contributed by atoms with Crippen LogP contribution in [0.15, 0.2) is 29.6 Å². The molecule has 0 atom stereocenters. The quantitative estimate of drug-likeness (QED) is 0.930. The number of nitrogens with zero attached hydrogens (tertiary/aromatic N) is 2. The van der Waals surface area contributed by atoms with Gasteiger partial charge in [-0.3, -0.25) is 9.59 Å². The fourth-order valence-electron chi connectivity index (χ4n) is 2.95. The Morgan fingerprint density at radius 1 is 1.29 bits per heavy atom. The zero-order valence-electron chi connectivity index (χ0n) is 13.9. The van der Waals surface area contributed by atoms with Crippen LogP contribution in [0.5, 0.6) is 0 Å². The lowest BCUT2D eigenvalue weighted by Crippen LogP contribution is -2.40. The molecule has 1 N–H and O–H groups in total. The molecule has 2 aromatic rings. The summed E-state index contributed by atoms with van der Waals surface area (Å²) in [4.78, 5) is 30.1. The Kier molecular flexibility index (Phi) is 4.94. The second-order valence-corrected chi connectivity index (χ2v) is 7.16. The summed E-state index contributed by atoms with van der Waals surface area (Å²) in [6, 6.07) is 7.77. The van der Waals surface area contributed by atoms with E-state index >= 15 is 0 Å². The van der Waals surface area contributed by atoms with Crippen LogP contribution in [0.25, 0.3) is 11.3 Å². The Morgan fingerprint density at radius 2 is 2.04 bits per heavy atom. The van der Waals surface area contributed by atoms with Gasteiger partial charge in [0.1, 0.15) is 0 Å². The third-order valence-electron chi connectivity index (χ3n) is 4.36. The SMILES string of the molecule is CC(=O)N1CCC(C(=O)Nc2cccc(-c3csc(C)n3)c2)CC1. The van der Waals surface area contributed by atoms with E-state index in [1.54, 1.807) is 23.2 Å². The summed E-state index contributed by atoms with van der Waals surface area (Å²) in [6.45, 7) is 4.87. The van der Waals surface area contributed by atoms with Crippen LogP contribution < -0.4 is 5.32 Å². The summed E-state index contributed by atoms with van der Waals surface area (Å²) in [6.07, 6.45) is 1.44. The molecule has 1 aromatic carbocycles. The van der Waals surface area contributed by atoms with Crippen LogP contribution in [0.3, 0.4) is 0 Å². The number of carbonyl (C=O) groups excluding carboxylic acids is 2. The summed E-state index contributed by atoms with van der Waals surface area (Å²) in [5.74, 6) is 0.0794. The van der Waals surface area contributed by atoms with Crippen LogP contribution in [-0.2, 0) is 9.59 Å². The van der Waals surface area contributed by atoms with Gasteiger partial charge in [0.25, 0.3) is 0 Å². The number of carbonyl (C=O) groups is 2. The van der Waals surface area contributed by atoms with Gasteiger partial charge in [0, 0.05) is 42.6 Å². The van der Waals surface area contributed by atoms with Gasteiger partial charge in [0.05, 0.1) is 10.7 Å². The first-order chi connectivity index (χ1) is 11.5. The van der Waals surface area contributed by atoms with Crippen LogP contribution in [-0.4, -0.2) is 34.8 Å². The minimum Gasteiger partial charge on any atom is -0.343 e. The maximum absolute atomic E-state index is 12.5. The molecule has 1 aliphatic rings. The van der Waals surface area contributed by atoms with Crippen LogP contribution >= 0.6 is 11.3 Å². The summed E-state index contributed by atoms with van der Waals surface area (Å²) in [5, 5.41) is 6.05. The molecule has 0 radical (unpaired) electrons. The smallest absolute Gasteiger partial charge is 0.227 e. The van der Waals surface area contributed by atoms with Crippen LogP contribution in [0.4, 0.5) is 5.69 Å². The first-order valence-corrected chi connectivity index (χ1v) is 9.00. The number of piperidine rings is 1. The first kappa shape index (κ1) is 16.6. The molecular formula is C18H21N3O2S. The molecule has 126 valence electrons. The van der Waals surface area contributed by atoms with E-state index in [9.17, 15) is 9.59 Å². The van der Waals surface area contributed by atoms with E-state index in [0.29, 0.717) is 13.1 Å². The second kappa shape index (κ2) is 7.13. The Morgan fingerprint density at radius 3 is 2.67 bits per heavy atom. The highest BCUT2D eigenvalue weighted by molar-refractivity contribution is 7.09. The average Bonchev–Trinajstić information content (AvgIpc) is 3.02. The predicted octanol–water partition coefficient (Wildman–Crippen LogP) is 3.32. The number of nitrogens with one attached hydrogen (secondary N) is 1. The van der Waals surface area contributed by atoms with Crippen molar-refractivity contribution in [3.05, 3.63) is 34.7 Å². The lowest BCUT2D eigenvalue weighted by molar-refractivity contribution is -0.132. The third-order valence-corrected chi connectivity index (χ3v) is 5.13. The molecule has 24 heavy (non-hydrogen) atoms. The number of benzene rings is 1. The van der Waals surface area contributed by atoms with Gasteiger partial charge in [0.15, 0.2) is 0 Å². The van der Waals surface area contributed by atoms with Crippen molar-refractivity contribution in [3.8, 4) is 11.3 Å². The van der Waals surface area contributed by atoms with Gasteiger partial charge in [-0.1, -0.05) is 12.1 Å². The van der Waals surface area contributed by atoms with Gasteiger partial charge in [-0.25, -0.2) is 4.98 Å². The third kappa shape index (κ3) is 3.82. The standard InChI is InChI=1S/C18H21N3O2S/c1-12-19-17(11-24-12)15-4-3-5-16(10-15)20-18(23)14-6-8-21(9-7-14)13(2)22/h3-5,10-11,14H,6-9H2,1-2H3,(H,20,23). The Bertz CT molecular complexity index is 748. The monoisotopic (exact) mass is 343 g/mol. The fraction of sp³-hybridized carbons (Fsp3) is 0.389. The molecule has 2 heterocycles. The van der Waals surface area contributed by atoms with Gasteiger partial charge in [-0.05, 0) is 31.9 Å². The highest BCUT2D eigenvalue weighted by Gasteiger charge is 2.26. The number of aryl methyl sites for hydroxylation is 1. The summed E-state index contributed by atoms with van der Waals surface area (Å²) in [7, 11) is 0. The molecule has 0 spiro atoms. The van der Waals surface area contributed by atoms with Crippen LogP contribution in [0.1, 0.15) is 24.8 Å². The van der Waals surface area contributed by atoms with Gasteiger partial charge in [-0.2, -0.15) is 0 Å². The van der Waals surface area contributed by atoms with Gasteiger partial charge >= 0.3 is 0 Å². The van der Waals surface area contributed by atoms with E-state index in [2.05, 4.69) is 10.3 Å². The number of hydrogen-bond donors (Lipinski definition) is 1. The summed E-state index contributed by atoms with van der Waals surface area (Å²) < 4.78 is 0. The van der Waals surface area contributed by atoms with Gasteiger partial charge in [-0.15, -0.1) is 11.3 Å². The maximum Gasteiger partial charge on any atom is 0.227 e. The molecule has 0 aliphatic carbocycles. The van der Waals surface area contributed by atoms with E-state index in [1.807, 2.05) is 36.6 Å². The summed E-state index contributed by atoms with van der Waals surface area (Å²) in [5.41, 5.74) is 2.73. The van der Waals surface area contributed by atoms with Crippen molar-refractivity contribution in [1.29, 1.82) is 0 Å². The average molecular weight is 343 g/mol. The fourth-order valence-corrected chi connectivity index (χ4v) is 3.58. The van der Waals surface area contributed by atoms with Crippen molar-refractivity contribution in [2.75, 3.05) is 18.4 Å². The molecule has 1 aliphatic heterocycles. The van der Waals surface area contributed by atoms with Crippen LogP contribution in [0, 0.1) is 12.8 Å². The molecule has 1 aromatic heterocycles. The molecule has 3 rings (SSSR count). The number of thiazole rings is 1. The molecule has 1 saturated heterocycles. The molecule has 6 heteroatoms. The summed E-state index contributed by atoms with van der Waals surface area (Å²) >= 11 is 1.61. The van der Waals surface area contributed by atoms with Crippen molar-refractivity contribution in [1.82, 2.24) is 9.88 Å². The second-order valence-electron chi connectivity index (χ2n) is 6.10. The lowest BCUT2D eigenvalue weighted by Gasteiger charge is -2.30. The van der Waals surface area contributed by atoms with Crippen molar-refractivity contribution in [3.63, 3.8) is 0 Å². The van der Waals surface area contributed by atoms with E-state index in [-0.39, 0.29) is 17.7 Å². The zero-order chi connectivity index (χ0) is 17.1. The molecule has 0 bridgehead atoms.